The topological polar surface area (TPSA) is 98.1 Å². The van der Waals surface area contributed by atoms with Crippen molar-refractivity contribution in [2.24, 2.45) is 5.41 Å². The summed E-state index contributed by atoms with van der Waals surface area (Å²) in [5.41, 5.74) is 2.27. The second-order valence-corrected chi connectivity index (χ2v) is 9.19. The highest BCUT2D eigenvalue weighted by Crippen LogP contribution is 2.37. The summed E-state index contributed by atoms with van der Waals surface area (Å²) in [7, 11) is 0. The van der Waals surface area contributed by atoms with Gasteiger partial charge in [0.2, 0.25) is 11.8 Å². The van der Waals surface area contributed by atoms with Crippen LogP contribution in [0.2, 0.25) is 0 Å². The summed E-state index contributed by atoms with van der Waals surface area (Å²) in [4.78, 5) is 30.4. The van der Waals surface area contributed by atoms with Crippen molar-refractivity contribution in [3.8, 4) is 11.6 Å². The van der Waals surface area contributed by atoms with Crippen molar-refractivity contribution in [3.63, 3.8) is 0 Å². The van der Waals surface area contributed by atoms with Crippen LogP contribution in [0.15, 0.2) is 54.9 Å². The van der Waals surface area contributed by atoms with Crippen LogP contribution in [0.5, 0.6) is 11.6 Å². The number of ketones is 1. The Morgan fingerprint density at radius 2 is 2.12 bits per heavy atom. The SMILES string of the molecule is C=C(CC(=O)N1CCC2(COC2)C1)Nc1cn2nc(Oc3cccc(CC(C)=O)c3)ccc2n1. The summed E-state index contributed by atoms with van der Waals surface area (Å²) in [6, 6.07) is 10.9. The van der Waals surface area contributed by atoms with E-state index in [1.54, 1.807) is 29.8 Å². The highest BCUT2D eigenvalue weighted by molar-refractivity contribution is 5.80. The molecule has 0 saturated carbocycles. The van der Waals surface area contributed by atoms with Crippen molar-refractivity contribution in [2.45, 2.75) is 26.2 Å². The van der Waals surface area contributed by atoms with Crippen molar-refractivity contribution < 1.29 is 19.1 Å². The fraction of sp³-hybridized carbons (Fsp3) is 0.360. The third-order valence-electron chi connectivity index (χ3n) is 6.15. The zero-order valence-electron chi connectivity index (χ0n) is 19.1. The minimum atomic E-state index is 0.0610. The van der Waals surface area contributed by atoms with Gasteiger partial charge in [0, 0.05) is 36.7 Å². The fourth-order valence-electron chi connectivity index (χ4n) is 4.40. The van der Waals surface area contributed by atoms with Crippen molar-refractivity contribution >= 4 is 23.2 Å². The Balaban J connectivity index is 1.20. The highest BCUT2D eigenvalue weighted by atomic mass is 16.5. The molecule has 0 unspecified atom stereocenters. The minimum absolute atomic E-state index is 0.0610. The molecule has 2 aliphatic rings. The number of hydrogen-bond donors (Lipinski definition) is 1. The Labute approximate surface area is 197 Å². The fourth-order valence-corrected chi connectivity index (χ4v) is 4.40. The molecule has 9 nitrogen and oxygen atoms in total. The number of rotatable bonds is 8. The number of benzene rings is 1. The first-order chi connectivity index (χ1) is 16.4. The molecule has 0 aliphatic carbocycles. The molecule has 5 rings (SSSR count). The van der Waals surface area contributed by atoms with E-state index in [2.05, 4.69) is 22.0 Å². The number of hydrogen-bond acceptors (Lipinski definition) is 7. The molecule has 0 radical (unpaired) electrons. The summed E-state index contributed by atoms with van der Waals surface area (Å²) in [6.07, 6.45) is 3.30. The zero-order chi connectivity index (χ0) is 23.7. The van der Waals surface area contributed by atoms with Gasteiger partial charge >= 0.3 is 0 Å². The molecule has 2 fully saturated rings. The summed E-state index contributed by atoms with van der Waals surface area (Å²) >= 11 is 0. The van der Waals surface area contributed by atoms with Crippen LogP contribution in [-0.2, 0) is 20.7 Å². The van der Waals surface area contributed by atoms with Crippen LogP contribution in [-0.4, -0.2) is 57.5 Å². The van der Waals surface area contributed by atoms with Gasteiger partial charge in [0.05, 0.1) is 25.8 Å². The first-order valence-electron chi connectivity index (χ1n) is 11.3. The third-order valence-corrected chi connectivity index (χ3v) is 6.15. The number of imidazole rings is 1. The summed E-state index contributed by atoms with van der Waals surface area (Å²) in [5.74, 6) is 1.71. The molecule has 2 aliphatic heterocycles. The molecule has 1 spiro atoms. The lowest BCUT2D eigenvalue weighted by molar-refractivity contribution is -0.134. The molecule has 176 valence electrons. The van der Waals surface area contributed by atoms with Crippen molar-refractivity contribution in [2.75, 3.05) is 31.6 Å². The number of likely N-dealkylation sites (tertiary alicyclic amines) is 1. The standard InChI is InChI=1S/C25H27N5O4/c1-17(10-24(32)29-9-8-25(14-29)15-33-16-25)26-21-13-30-22(27-21)6-7-23(28-30)34-20-5-3-4-19(12-20)11-18(2)31/h3-7,12-13,26H,1,8-11,14-16H2,2H3. The van der Waals surface area contributed by atoms with Gasteiger partial charge in [-0.2, -0.15) is 0 Å². The van der Waals surface area contributed by atoms with Crippen LogP contribution in [0, 0.1) is 5.41 Å². The summed E-state index contributed by atoms with van der Waals surface area (Å²) in [6.45, 7) is 8.60. The predicted octanol–water partition coefficient (Wildman–Crippen LogP) is 3.22. The zero-order valence-corrected chi connectivity index (χ0v) is 19.1. The molecule has 9 heteroatoms. The number of fused-ring (bicyclic) bond motifs is 1. The Hall–Kier alpha value is -3.72. The number of nitrogens with zero attached hydrogens (tertiary/aromatic N) is 4. The maximum atomic E-state index is 12.7. The summed E-state index contributed by atoms with van der Waals surface area (Å²) < 4.78 is 12.8. The molecular formula is C25H27N5O4. The first kappa shape index (κ1) is 22.1. The van der Waals surface area contributed by atoms with Gasteiger partial charge in [-0.05, 0) is 37.1 Å². The van der Waals surface area contributed by atoms with E-state index in [-0.39, 0.29) is 23.5 Å². The van der Waals surface area contributed by atoms with E-state index >= 15 is 0 Å². The van der Waals surface area contributed by atoms with Gasteiger partial charge in [-0.3, -0.25) is 9.59 Å². The van der Waals surface area contributed by atoms with Crippen LogP contribution < -0.4 is 10.1 Å². The van der Waals surface area contributed by atoms with Crippen LogP contribution in [0.25, 0.3) is 5.65 Å². The monoisotopic (exact) mass is 461 g/mol. The number of amides is 1. The molecule has 3 aromatic rings. The van der Waals surface area contributed by atoms with E-state index in [1.807, 2.05) is 29.2 Å². The highest BCUT2D eigenvalue weighted by Gasteiger charge is 2.45. The van der Waals surface area contributed by atoms with Gasteiger partial charge in [0.25, 0.3) is 0 Å². The molecule has 1 amide bonds. The van der Waals surface area contributed by atoms with E-state index < -0.39 is 0 Å². The first-order valence-corrected chi connectivity index (χ1v) is 11.3. The van der Waals surface area contributed by atoms with Crippen LogP contribution in [0.4, 0.5) is 5.82 Å². The normalized spacial score (nSPS) is 16.4. The van der Waals surface area contributed by atoms with Crippen LogP contribution in [0.3, 0.4) is 0 Å². The number of ether oxygens (including phenoxy) is 2. The quantitative estimate of drug-likeness (QED) is 0.550. The van der Waals surface area contributed by atoms with Gasteiger partial charge in [-0.15, -0.1) is 5.10 Å². The van der Waals surface area contributed by atoms with E-state index in [4.69, 9.17) is 9.47 Å². The lowest BCUT2D eigenvalue weighted by Crippen LogP contribution is -2.45. The number of Topliss-reactive ketones (excluding diaryl/α,β-unsaturated/α-hetero) is 1. The largest absolute Gasteiger partial charge is 0.438 e. The number of aromatic nitrogens is 3. The van der Waals surface area contributed by atoms with Crippen molar-refractivity contribution in [3.05, 3.63) is 60.4 Å². The Morgan fingerprint density at radius 3 is 2.85 bits per heavy atom. The molecule has 2 aromatic heterocycles. The summed E-state index contributed by atoms with van der Waals surface area (Å²) in [5, 5.41) is 7.57. The minimum Gasteiger partial charge on any atom is -0.438 e. The van der Waals surface area contributed by atoms with Gasteiger partial charge in [0.1, 0.15) is 11.5 Å². The van der Waals surface area contributed by atoms with Crippen LogP contribution in [0.1, 0.15) is 25.3 Å². The average Bonchev–Trinajstić information content (AvgIpc) is 3.37. The second-order valence-electron chi connectivity index (χ2n) is 9.19. The van der Waals surface area contributed by atoms with E-state index in [0.717, 1.165) is 38.3 Å². The van der Waals surface area contributed by atoms with Gasteiger partial charge in [-0.25, -0.2) is 9.50 Å². The Kier molecular flexibility index (Phi) is 5.79. The molecule has 0 bridgehead atoms. The molecular weight excluding hydrogens is 434 g/mol. The van der Waals surface area contributed by atoms with Gasteiger partial charge < -0.3 is 19.7 Å². The van der Waals surface area contributed by atoms with Crippen molar-refractivity contribution in [1.29, 1.82) is 0 Å². The third kappa shape index (κ3) is 4.79. The Morgan fingerprint density at radius 1 is 1.26 bits per heavy atom. The number of nitrogens with one attached hydrogen (secondary N) is 1. The number of carbonyl (C=O) groups is 2. The van der Waals surface area contributed by atoms with Crippen molar-refractivity contribution in [1.82, 2.24) is 19.5 Å². The lowest BCUT2D eigenvalue weighted by Gasteiger charge is -2.37. The molecule has 0 atom stereocenters. The lowest BCUT2D eigenvalue weighted by atomic mass is 9.85. The van der Waals surface area contributed by atoms with E-state index in [9.17, 15) is 9.59 Å². The smallest absolute Gasteiger partial charge is 0.237 e. The predicted molar refractivity (Wildman–Crippen MR) is 126 cm³/mol. The van der Waals surface area contributed by atoms with Gasteiger partial charge in [0.15, 0.2) is 11.5 Å². The maximum Gasteiger partial charge on any atom is 0.237 e. The average molecular weight is 462 g/mol. The molecule has 1 aromatic carbocycles. The molecule has 34 heavy (non-hydrogen) atoms. The molecule has 1 N–H and O–H groups in total. The number of carbonyl (C=O) groups excluding carboxylic acids is 2. The number of anilines is 1. The van der Waals surface area contributed by atoms with E-state index in [1.165, 1.54) is 0 Å². The van der Waals surface area contributed by atoms with E-state index in [0.29, 0.717) is 35.2 Å². The maximum absolute atomic E-state index is 12.7. The second kappa shape index (κ2) is 8.90. The van der Waals surface area contributed by atoms with Gasteiger partial charge in [-0.1, -0.05) is 18.7 Å². The van der Waals surface area contributed by atoms with Crippen LogP contribution >= 0.6 is 0 Å². The molecule has 2 saturated heterocycles. The Bertz CT molecular complexity index is 1260. The molecule has 4 heterocycles.